The predicted octanol–water partition coefficient (Wildman–Crippen LogP) is 2.76. The molecule has 130 valence electrons. The molecule has 0 aliphatic carbocycles. The van der Waals surface area contributed by atoms with Crippen molar-refractivity contribution in [3.8, 4) is 0 Å². The van der Waals surface area contributed by atoms with Gasteiger partial charge >= 0.3 is 0 Å². The lowest BCUT2D eigenvalue weighted by atomic mass is 9.99. The molecule has 2 aromatic rings. The molecule has 1 fully saturated rings. The molecule has 1 aliphatic heterocycles. The molecule has 1 saturated heterocycles. The van der Waals surface area contributed by atoms with E-state index in [0.717, 1.165) is 37.5 Å². The van der Waals surface area contributed by atoms with Gasteiger partial charge in [0.2, 0.25) is 0 Å². The Morgan fingerprint density at radius 1 is 1.25 bits per heavy atom. The molecule has 0 saturated carbocycles. The molecule has 2 unspecified atom stereocenters. The molecule has 24 heavy (non-hydrogen) atoms. The fourth-order valence-corrected chi connectivity index (χ4v) is 3.40. The molecule has 0 bridgehead atoms. The van der Waals surface area contributed by atoms with Gasteiger partial charge in [0, 0.05) is 32.0 Å². The van der Waals surface area contributed by atoms with Crippen LogP contribution in [0, 0.1) is 17.5 Å². The van der Waals surface area contributed by atoms with Gasteiger partial charge < -0.3 is 9.88 Å². The second kappa shape index (κ2) is 6.94. The highest BCUT2D eigenvalue weighted by atomic mass is 19.2. The van der Waals surface area contributed by atoms with Crippen molar-refractivity contribution >= 4 is 0 Å². The highest BCUT2D eigenvalue weighted by Crippen LogP contribution is 2.33. The summed E-state index contributed by atoms with van der Waals surface area (Å²) in [5.41, 5.74) is 0.461. The van der Waals surface area contributed by atoms with Crippen LogP contribution in [0.15, 0.2) is 24.5 Å². The van der Waals surface area contributed by atoms with Gasteiger partial charge in [-0.1, -0.05) is 6.92 Å². The maximum atomic E-state index is 13.6. The summed E-state index contributed by atoms with van der Waals surface area (Å²) >= 11 is 0. The molecule has 0 radical (unpaired) electrons. The number of hydrogen-bond acceptors (Lipinski definition) is 3. The molecule has 1 N–H and O–H groups in total. The fourth-order valence-electron chi connectivity index (χ4n) is 3.40. The molecule has 0 spiro atoms. The van der Waals surface area contributed by atoms with Crippen LogP contribution in [-0.4, -0.2) is 33.6 Å². The lowest BCUT2D eigenvalue weighted by molar-refractivity contribution is 0.245. The molecule has 2 heterocycles. The van der Waals surface area contributed by atoms with E-state index in [1.54, 1.807) is 6.20 Å². The summed E-state index contributed by atoms with van der Waals surface area (Å²) in [6.07, 6.45) is 4.45. The Bertz CT molecular complexity index is 693. The number of halogens is 3. The van der Waals surface area contributed by atoms with Crippen LogP contribution in [0.4, 0.5) is 13.2 Å². The average Bonchev–Trinajstić information content (AvgIpc) is 3.15. The number of hydrogen-bond donors (Lipinski definition) is 1. The van der Waals surface area contributed by atoms with E-state index in [-0.39, 0.29) is 12.1 Å². The topological polar surface area (TPSA) is 33.1 Å². The Balaban J connectivity index is 1.82. The van der Waals surface area contributed by atoms with Crippen molar-refractivity contribution in [1.82, 2.24) is 19.8 Å². The van der Waals surface area contributed by atoms with Gasteiger partial charge in [-0.15, -0.1) is 0 Å². The van der Waals surface area contributed by atoms with Crippen molar-refractivity contribution < 1.29 is 13.2 Å². The number of imidazole rings is 1. The van der Waals surface area contributed by atoms with Gasteiger partial charge in [-0.05, 0) is 30.7 Å². The van der Waals surface area contributed by atoms with Gasteiger partial charge in [-0.3, -0.25) is 4.90 Å². The van der Waals surface area contributed by atoms with Crippen molar-refractivity contribution in [1.29, 1.82) is 0 Å². The van der Waals surface area contributed by atoms with E-state index in [1.165, 1.54) is 0 Å². The number of rotatable bonds is 5. The molecular weight excluding hydrogens is 317 g/mol. The van der Waals surface area contributed by atoms with Crippen LogP contribution in [0.5, 0.6) is 0 Å². The second-order valence-corrected chi connectivity index (χ2v) is 6.10. The van der Waals surface area contributed by atoms with Gasteiger partial charge in [0.15, 0.2) is 17.5 Å². The van der Waals surface area contributed by atoms with Crippen molar-refractivity contribution in [2.45, 2.75) is 32.0 Å². The number of benzene rings is 1. The van der Waals surface area contributed by atoms with Crippen molar-refractivity contribution in [3.05, 3.63) is 53.4 Å². The largest absolute Gasteiger partial charge is 0.337 e. The Hall–Kier alpha value is -1.86. The van der Waals surface area contributed by atoms with Crippen LogP contribution in [0.2, 0.25) is 0 Å². The minimum absolute atomic E-state index is 0.0194. The highest BCUT2D eigenvalue weighted by molar-refractivity contribution is 5.25. The van der Waals surface area contributed by atoms with Crippen LogP contribution in [-0.2, 0) is 13.6 Å². The normalized spacial score (nSPS) is 21.5. The summed E-state index contributed by atoms with van der Waals surface area (Å²) in [6, 6.07) is 2.03. The summed E-state index contributed by atoms with van der Waals surface area (Å²) in [5.74, 6) is -2.82. The Kier molecular flexibility index (Phi) is 4.91. The monoisotopic (exact) mass is 338 g/mol. The number of aryl methyl sites for hydroxylation is 1. The third kappa shape index (κ3) is 3.18. The summed E-state index contributed by atoms with van der Waals surface area (Å²) < 4.78 is 42.5. The lowest BCUT2D eigenvalue weighted by Gasteiger charge is -2.28. The predicted molar refractivity (Wildman–Crippen MR) is 84.8 cm³/mol. The van der Waals surface area contributed by atoms with E-state index >= 15 is 0 Å². The minimum Gasteiger partial charge on any atom is -0.337 e. The van der Waals surface area contributed by atoms with Crippen LogP contribution < -0.4 is 5.32 Å². The number of likely N-dealkylation sites (N-methyl/N-ethyl adjacent to an activating group) is 1. The first-order valence-corrected chi connectivity index (χ1v) is 8.09. The maximum Gasteiger partial charge on any atom is 0.194 e. The first-order chi connectivity index (χ1) is 11.5. The van der Waals surface area contributed by atoms with E-state index in [2.05, 4.69) is 15.2 Å². The number of likely N-dealkylation sites (tertiary alicyclic amines) is 1. The minimum atomic E-state index is -1.42. The van der Waals surface area contributed by atoms with Gasteiger partial charge in [0.1, 0.15) is 5.82 Å². The van der Waals surface area contributed by atoms with Crippen LogP contribution in [0.25, 0.3) is 0 Å². The Labute approximate surface area is 139 Å². The van der Waals surface area contributed by atoms with Gasteiger partial charge in [0.25, 0.3) is 0 Å². The van der Waals surface area contributed by atoms with E-state index in [1.807, 2.05) is 24.7 Å². The zero-order valence-electron chi connectivity index (χ0n) is 13.8. The SMILES string of the molecule is CCN1CCC(NCc2nccn2C)C1c1cc(F)c(F)c(F)c1. The second-order valence-electron chi connectivity index (χ2n) is 6.10. The summed E-state index contributed by atoms with van der Waals surface area (Å²) in [5, 5.41) is 3.43. The lowest BCUT2D eigenvalue weighted by Crippen LogP contribution is -2.36. The zero-order valence-corrected chi connectivity index (χ0v) is 13.8. The third-order valence-electron chi connectivity index (χ3n) is 4.70. The van der Waals surface area contributed by atoms with E-state index in [9.17, 15) is 13.2 Å². The smallest absolute Gasteiger partial charge is 0.194 e. The molecule has 1 aromatic carbocycles. The van der Waals surface area contributed by atoms with Gasteiger partial charge in [-0.25, -0.2) is 18.2 Å². The number of aromatic nitrogens is 2. The van der Waals surface area contributed by atoms with Gasteiger partial charge in [-0.2, -0.15) is 0 Å². The molecule has 1 aromatic heterocycles. The van der Waals surface area contributed by atoms with Crippen LogP contribution >= 0.6 is 0 Å². The Morgan fingerprint density at radius 2 is 1.96 bits per heavy atom. The van der Waals surface area contributed by atoms with Crippen LogP contribution in [0.3, 0.4) is 0 Å². The summed E-state index contributed by atoms with van der Waals surface area (Å²) in [6.45, 7) is 4.14. The quantitative estimate of drug-likeness (QED) is 0.851. The first kappa shape index (κ1) is 17.0. The molecule has 1 aliphatic rings. The molecule has 4 nitrogen and oxygen atoms in total. The zero-order chi connectivity index (χ0) is 17.3. The highest BCUT2D eigenvalue weighted by Gasteiger charge is 2.35. The standard InChI is InChI=1S/C17H21F3N4/c1-3-24-6-4-14(22-10-15-21-5-7-23(15)2)17(24)11-8-12(18)16(20)13(19)9-11/h5,7-9,14,17,22H,3-4,6,10H2,1-2H3. The number of nitrogens with one attached hydrogen (secondary N) is 1. The maximum absolute atomic E-state index is 13.6. The van der Waals surface area contributed by atoms with Crippen molar-refractivity contribution in [2.75, 3.05) is 13.1 Å². The third-order valence-corrected chi connectivity index (χ3v) is 4.70. The van der Waals surface area contributed by atoms with Crippen LogP contribution in [0.1, 0.15) is 30.8 Å². The summed E-state index contributed by atoms with van der Waals surface area (Å²) in [4.78, 5) is 6.41. The molecule has 0 amide bonds. The van der Waals surface area contributed by atoms with E-state index in [0.29, 0.717) is 12.1 Å². The summed E-state index contributed by atoms with van der Waals surface area (Å²) in [7, 11) is 1.92. The molecular formula is C17H21F3N4. The van der Waals surface area contributed by atoms with E-state index in [4.69, 9.17) is 0 Å². The van der Waals surface area contributed by atoms with Crippen molar-refractivity contribution in [3.63, 3.8) is 0 Å². The van der Waals surface area contributed by atoms with E-state index < -0.39 is 17.5 Å². The molecule has 3 rings (SSSR count). The Morgan fingerprint density at radius 3 is 2.54 bits per heavy atom. The molecule has 7 heteroatoms. The average molecular weight is 338 g/mol. The van der Waals surface area contributed by atoms with Crippen molar-refractivity contribution in [2.24, 2.45) is 7.05 Å². The molecule has 2 atom stereocenters. The van der Waals surface area contributed by atoms with Gasteiger partial charge in [0.05, 0.1) is 12.6 Å². The first-order valence-electron chi connectivity index (χ1n) is 8.09. The number of nitrogens with zero attached hydrogens (tertiary/aromatic N) is 3. The fraction of sp³-hybridized carbons (Fsp3) is 0.471.